The lowest BCUT2D eigenvalue weighted by atomic mass is 9.89. The van der Waals surface area contributed by atoms with Gasteiger partial charge in [-0.2, -0.15) is 0 Å². The predicted molar refractivity (Wildman–Crippen MR) is 105 cm³/mol. The van der Waals surface area contributed by atoms with Crippen LogP contribution in [0.4, 0.5) is 0 Å². The summed E-state index contributed by atoms with van der Waals surface area (Å²) < 4.78 is 16.9. The van der Waals surface area contributed by atoms with Gasteiger partial charge in [0.25, 0.3) is 5.91 Å². The Morgan fingerprint density at radius 1 is 1.26 bits per heavy atom. The minimum Gasteiger partial charge on any atom is -0.497 e. The number of ether oxygens (including phenoxy) is 3. The van der Waals surface area contributed by atoms with Crippen molar-refractivity contribution in [3.63, 3.8) is 0 Å². The van der Waals surface area contributed by atoms with Gasteiger partial charge in [-0.15, -0.1) is 0 Å². The lowest BCUT2D eigenvalue weighted by molar-refractivity contribution is -0.124. The van der Waals surface area contributed by atoms with Crippen molar-refractivity contribution < 1.29 is 19.0 Å². The van der Waals surface area contributed by atoms with Crippen molar-refractivity contribution in [1.29, 1.82) is 0 Å². The van der Waals surface area contributed by atoms with Crippen LogP contribution in [0.1, 0.15) is 37.4 Å². The molecule has 0 fully saturated rings. The fourth-order valence-corrected chi connectivity index (χ4v) is 3.30. The summed E-state index contributed by atoms with van der Waals surface area (Å²) in [4.78, 5) is 12.5. The van der Waals surface area contributed by atoms with E-state index >= 15 is 0 Å². The van der Waals surface area contributed by atoms with E-state index in [0.717, 1.165) is 22.6 Å². The van der Waals surface area contributed by atoms with Gasteiger partial charge in [-0.05, 0) is 56.7 Å². The maximum Gasteiger partial charge on any atom is 0.258 e. The highest BCUT2D eigenvalue weighted by Crippen LogP contribution is 2.41. The first-order chi connectivity index (χ1) is 12.8. The monoisotopic (exact) mass is 389 g/mol. The van der Waals surface area contributed by atoms with Gasteiger partial charge in [0.1, 0.15) is 22.8 Å². The molecule has 1 N–H and O–H groups in total. The molecule has 27 heavy (non-hydrogen) atoms. The second-order valence-electron chi connectivity index (χ2n) is 7.29. The molecule has 1 atom stereocenters. The van der Waals surface area contributed by atoms with Crippen molar-refractivity contribution in [3.05, 3.63) is 52.5 Å². The second-order valence-corrected chi connectivity index (χ2v) is 7.70. The maximum atomic E-state index is 12.5. The molecule has 0 unspecified atom stereocenters. The number of nitrogens with one attached hydrogen (secondary N) is 1. The maximum absolute atomic E-state index is 12.5. The van der Waals surface area contributed by atoms with Gasteiger partial charge in [0.15, 0.2) is 6.61 Å². The Labute approximate surface area is 164 Å². The van der Waals surface area contributed by atoms with Gasteiger partial charge in [0.2, 0.25) is 0 Å². The van der Waals surface area contributed by atoms with Crippen molar-refractivity contribution in [2.75, 3.05) is 13.7 Å². The third-order valence-electron chi connectivity index (χ3n) is 4.51. The van der Waals surface area contributed by atoms with Crippen molar-refractivity contribution >= 4 is 17.5 Å². The molecule has 1 aliphatic heterocycles. The summed E-state index contributed by atoms with van der Waals surface area (Å²) in [5.41, 5.74) is 1.44. The van der Waals surface area contributed by atoms with Crippen LogP contribution in [-0.4, -0.2) is 25.2 Å². The van der Waals surface area contributed by atoms with E-state index < -0.39 is 5.60 Å². The SMILES string of the molecule is COc1ccc2c(c1)OC(C)(C)C[C@H]2NC(=O)COc1ccc(Cl)c(C)c1. The number of halogens is 1. The van der Waals surface area contributed by atoms with Gasteiger partial charge in [0.05, 0.1) is 13.2 Å². The number of aryl methyl sites for hydroxylation is 1. The lowest BCUT2D eigenvalue weighted by Crippen LogP contribution is -2.42. The molecule has 0 radical (unpaired) electrons. The molecule has 3 rings (SSSR count). The van der Waals surface area contributed by atoms with Crippen LogP contribution in [0.15, 0.2) is 36.4 Å². The highest BCUT2D eigenvalue weighted by molar-refractivity contribution is 6.31. The van der Waals surface area contributed by atoms with Crippen LogP contribution in [0, 0.1) is 6.92 Å². The zero-order valence-corrected chi connectivity index (χ0v) is 16.7. The van der Waals surface area contributed by atoms with Crippen molar-refractivity contribution in [1.82, 2.24) is 5.32 Å². The topological polar surface area (TPSA) is 56.8 Å². The molecule has 0 saturated carbocycles. The summed E-state index contributed by atoms with van der Waals surface area (Å²) in [5, 5.41) is 3.72. The molecule has 1 amide bonds. The van der Waals surface area contributed by atoms with Gasteiger partial charge in [-0.25, -0.2) is 0 Å². The minimum absolute atomic E-state index is 0.0651. The number of fused-ring (bicyclic) bond motifs is 1. The fraction of sp³-hybridized carbons (Fsp3) is 0.381. The fourth-order valence-electron chi connectivity index (χ4n) is 3.18. The Morgan fingerprint density at radius 3 is 2.70 bits per heavy atom. The lowest BCUT2D eigenvalue weighted by Gasteiger charge is -2.38. The first-order valence-electron chi connectivity index (χ1n) is 8.83. The molecular weight excluding hydrogens is 366 g/mol. The Balaban J connectivity index is 1.69. The number of benzene rings is 2. The van der Waals surface area contributed by atoms with Crippen LogP contribution in [0.3, 0.4) is 0 Å². The van der Waals surface area contributed by atoms with Crippen LogP contribution in [0.25, 0.3) is 0 Å². The van der Waals surface area contributed by atoms with Crippen LogP contribution >= 0.6 is 11.6 Å². The summed E-state index contributed by atoms with van der Waals surface area (Å²) in [5.74, 6) is 1.87. The van der Waals surface area contributed by atoms with E-state index in [-0.39, 0.29) is 18.6 Å². The van der Waals surface area contributed by atoms with E-state index in [1.54, 1.807) is 19.2 Å². The second kappa shape index (κ2) is 7.69. The zero-order chi connectivity index (χ0) is 19.6. The van der Waals surface area contributed by atoms with Gasteiger partial charge in [-0.3, -0.25) is 4.79 Å². The smallest absolute Gasteiger partial charge is 0.258 e. The third kappa shape index (κ3) is 4.66. The largest absolute Gasteiger partial charge is 0.497 e. The highest BCUT2D eigenvalue weighted by atomic mass is 35.5. The molecule has 0 aromatic heterocycles. The molecule has 2 aromatic carbocycles. The normalized spacial score (nSPS) is 17.4. The predicted octanol–water partition coefficient (Wildman–Crippen LogP) is 4.45. The zero-order valence-electron chi connectivity index (χ0n) is 16.0. The summed E-state index contributed by atoms with van der Waals surface area (Å²) in [7, 11) is 1.62. The van der Waals surface area contributed by atoms with Gasteiger partial charge >= 0.3 is 0 Å². The number of hydrogen-bond acceptors (Lipinski definition) is 4. The van der Waals surface area contributed by atoms with E-state index in [0.29, 0.717) is 17.2 Å². The van der Waals surface area contributed by atoms with Crippen LogP contribution in [0.5, 0.6) is 17.2 Å². The van der Waals surface area contributed by atoms with Crippen molar-refractivity contribution in [2.24, 2.45) is 0 Å². The van der Waals surface area contributed by atoms with E-state index in [4.69, 9.17) is 25.8 Å². The number of carbonyl (C=O) groups is 1. The minimum atomic E-state index is -0.397. The molecule has 0 spiro atoms. The molecule has 144 valence electrons. The van der Waals surface area contributed by atoms with Crippen LogP contribution in [0.2, 0.25) is 5.02 Å². The molecule has 1 heterocycles. The molecule has 6 heteroatoms. The van der Waals surface area contributed by atoms with Crippen molar-refractivity contribution in [3.8, 4) is 17.2 Å². The Hall–Kier alpha value is -2.40. The Bertz CT molecular complexity index is 850. The van der Waals surface area contributed by atoms with Gasteiger partial charge in [-0.1, -0.05) is 11.6 Å². The van der Waals surface area contributed by atoms with E-state index in [9.17, 15) is 4.79 Å². The van der Waals surface area contributed by atoms with Crippen LogP contribution in [-0.2, 0) is 4.79 Å². The number of methoxy groups -OCH3 is 1. The summed E-state index contributed by atoms with van der Waals surface area (Å²) in [6, 6.07) is 10.8. The first-order valence-corrected chi connectivity index (χ1v) is 9.20. The molecule has 0 aliphatic carbocycles. The average Bonchev–Trinajstić information content (AvgIpc) is 2.61. The number of rotatable bonds is 5. The average molecular weight is 390 g/mol. The van der Waals surface area contributed by atoms with Gasteiger partial charge < -0.3 is 19.5 Å². The molecule has 0 saturated heterocycles. The highest BCUT2D eigenvalue weighted by Gasteiger charge is 2.34. The van der Waals surface area contributed by atoms with Gasteiger partial charge in [0, 0.05) is 23.1 Å². The number of amides is 1. The number of hydrogen-bond donors (Lipinski definition) is 1. The quantitative estimate of drug-likeness (QED) is 0.820. The summed E-state index contributed by atoms with van der Waals surface area (Å²) >= 11 is 6.01. The first kappa shape index (κ1) is 19.4. The standard InChI is InChI=1S/C21H24ClNO4/c1-13-9-15(6-8-17(13)22)26-12-20(24)23-18-11-21(2,3)27-19-10-14(25-4)5-7-16(18)19/h5-10,18H,11-12H2,1-4H3,(H,23,24)/t18-/m1/s1. The van der Waals surface area contributed by atoms with Crippen LogP contribution < -0.4 is 19.5 Å². The van der Waals surface area contributed by atoms with E-state index in [1.807, 2.05) is 45.0 Å². The van der Waals surface area contributed by atoms with E-state index in [2.05, 4.69) is 5.32 Å². The molecule has 2 aromatic rings. The molecule has 1 aliphatic rings. The summed E-state index contributed by atoms with van der Waals surface area (Å²) in [6.45, 7) is 5.83. The number of carbonyl (C=O) groups excluding carboxylic acids is 1. The van der Waals surface area contributed by atoms with E-state index in [1.165, 1.54) is 0 Å². The Kier molecular flexibility index (Phi) is 5.51. The molecule has 5 nitrogen and oxygen atoms in total. The Morgan fingerprint density at radius 2 is 2.00 bits per heavy atom. The van der Waals surface area contributed by atoms with Crippen molar-refractivity contribution in [2.45, 2.75) is 38.8 Å². The molecule has 0 bridgehead atoms. The third-order valence-corrected chi connectivity index (χ3v) is 4.94. The summed E-state index contributed by atoms with van der Waals surface area (Å²) in [6.07, 6.45) is 0.665. The molecular formula is C21H24ClNO4.